The van der Waals surface area contributed by atoms with Gasteiger partial charge in [-0.2, -0.15) is 0 Å². The maximum atomic E-state index is 4.67. The summed E-state index contributed by atoms with van der Waals surface area (Å²) in [4.78, 5) is 7.21. The van der Waals surface area contributed by atoms with Gasteiger partial charge >= 0.3 is 0 Å². The van der Waals surface area contributed by atoms with E-state index in [1.54, 1.807) is 0 Å². The van der Waals surface area contributed by atoms with Crippen molar-refractivity contribution in [1.29, 1.82) is 0 Å². The molecule has 0 saturated carbocycles. The molecule has 0 aliphatic carbocycles. The highest BCUT2D eigenvalue weighted by atomic mass is 127. The van der Waals surface area contributed by atoms with Crippen LogP contribution in [0.25, 0.3) is 0 Å². The molecule has 1 saturated heterocycles. The van der Waals surface area contributed by atoms with Crippen LogP contribution in [0.2, 0.25) is 0 Å². The number of rotatable bonds is 7. The molecule has 0 spiro atoms. The summed E-state index contributed by atoms with van der Waals surface area (Å²) in [7, 11) is 0. The standard InChI is InChI=1S/C19H32N4.HI/c1-4-20-19(21-13-16(2)3)22-14-17-7-9-18(10-8-17)15-23-11-5-6-12-23;/h7-10,16H,4-6,11-15H2,1-3H3,(H2,20,21,22);1H. The highest BCUT2D eigenvalue weighted by molar-refractivity contribution is 14.0. The number of halogens is 1. The van der Waals surface area contributed by atoms with Crippen molar-refractivity contribution in [2.24, 2.45) is 10.9 Å². The largest absolute Gasteiger partial charge is 0.357 e. The smallest absolute Gasteiger partial charge is 0.191 e. The Bertz CT molecular complexity index is 479. The number of nitrogens with zero attached hydrogens (tertiary/aromatic N) is 2. The second kappa shape index (κ2) is 11.7. The Morgan fingerprint density at radius 1 is 1.08 bits per heavy atom. The van der Waals surface area contributed by atoms with Crippen molar-refractivity contribution < 1.29 is 0 Å². The molecule has 1 aliphatic rings. The van der Waals surface area contributed by atoms with Crippen molar-refractivity contribution >= 4 is 29.9 Å². The monoisotopic (exact) mass is 444 g/mol. The summed E-state index contributed by atoms with van der Waals surface area (Å²) in [5.74, 6) is 1.52. The molecule has 1 fully saturated rings. The highest BCUT2D eigenvalue weighted by Crippen LogP contribution is 2.13. The van der Waals surface area contributed by atoms with Gasteiger partial charge < -0.3 is 10.6 Å². The number of guanidine groups is 1. The van der Waals surface area contributed by atoms with E-state index in [1.165, 1.54) is 37.1 Å². The van der Waals surface area contributed by atoms with E-state index in [0.717, 1.165) is 32.1 Å². The lowest BCUT2D eigenvalue weighted by Gasteiger charge is -2.15. The lowest BCUT2D eigenvalue weighted by molar-refractivity contribution is 0.331. The van der Waals surface area contributed by atoms with Gasteiger partial charge in [0.05, 0.1) is 6.54 Å². The molecule has 1 aliphatic heterocycles. The molecule has 4 nitrogen and oxygen atoms in total. The number of nitrogens with one attached hydrogen (secondary N) is 2. The topological polar surface area (TPSA) is 39.7 Å². The summed E-state index contributed by atoms with van der Waals surface area (Å²) in [5, 5.41) is 6.68. The molecule has 0 radical (unpaired) electrons. The minimum Gasteiger partial charge on any atom is -0.357 e. The first kappa shape index (κ1) is 21.2. The zero-order valence-electron chi connectivity index (χ0n) is 15.3. The maximum Gasteiger partial charge on any atom is 0.191 e. The van der Waals surface area contributed by atoms with Crippen molar-refractivity contribution in [2.45, 2.75) is 46.7 Å². The van der Waals surface area contributed by atoms with Crippen LogP contribution in [0.5, 0.6) is 0 Å². The molecule has 136 valence electrons. The van der Waals surface area contributed by atoms with Gasteiger partial charge in [-0.25, -0.2) is 4.99 Å². The van der Waals surface area contributed by atoms with Gasteiger partial charge in [0.25, 0.3) is 0 Å². The first-order valence-corrected chi connectivity index (χ1v) is 8.99. The highest BCUT2D eigenvalue weighted by Gasteiger charge is 2.11. The van der Waals surface area contributed by atoms with E-state index in [4.69, 9.17) is 0 Å². The Balaban J connectivity index is 0.00000288. The number of aliphatic imine (C=N–C) groups is 1. The van der Waals surface area contributed by atoms with Gasteiger partial charge in [0, 0.05) is 19.6 Å². The summed E-state index contributed by atoms with van der Waals surface area (Å²) in [5.41, 5.74) is 2.67. The van der Waals surface area contributed by atoms with Crippen molar-refractivity contribution in [3.63, 3.8) is 0 Å². The van der Waals surface area contributed by atoms with Crippen LogP contribution in [0.3, 0.4) is 0 Å². The molecule has 1 aromatic carbocycles. The molecule has 0 aromatic heterocycles. The first-order valence-electron chi connectivity index (χ1n) is 8.99. The van der Waals surface area contributed by atoms with Crippen LogP contribution in [0.15, 0.2) is 29.3 Å². The number of hydrogen-bond acceptors (Lipinski definition) is 2. The normalized spacial score (nSPS) is 15.4. The van der Waals surface area contributed by atoms with E-state index in [-0.39, 0.29) is 24.0 Å². The van der Waals surface area contributed by atoms with Crippen LogP contribution >= 0.6 is 24.0 Å². The number of likely N-dealkylation sites (tertiary alicyclic amines) is 1. The van der Waals surface area contributed by atoms with E-state index in [2.05, 4.69) is 65.6 Å². The van der Waals surface area contributed by atoms with Gasteiger partial charge in [-0.3, -0.25) is 4.90 Å². The van der Waals surface area contributed by atoms with Crippen LogP contribution in [-0.4, -0.2) is 37.0 Å². The fourth-order valence-electron chi connectivity index (χ4n) is 2.76. The third-order valence-corrected chi connectivity index (χ3v) is 4.07. The van der Waals surface area contributed by atoms with Gasteiger partial charge in [-0.05, 0) is 49.9 Å². The van der Waals surface area contributed by atoms with E-state index < -0.39 is 0 Å². The first-order chi connectivity index (χ1) is 11.2. The van der Waals surface area contributed by atoms with E-state index in [0.29, 0.717) is 5.92 Å². The van der Waals surface area contributed by atoms with Gasteiger partial charge in [0.15, 0.2) is 5.96 Å². The van der Waals surface area contributed by atoms with Gasteiger partial charge in [-0.15, -0.1) is 24.0 Å². The molecule has 2 rings (SSSR count). The predicted octanol–water partition coefficient (Wildman–Crippen LogP) is 3.61. The van der Waals surface area contributed by atoms with Crippen LogP contribution in [0.1, 0.15) is 44.7 Å². The Labute approximate surface area is 164 Å². The van der Waals surface area contributed by atoms with Crippen LogP contribution in [0.4, 0.5) is 0 Å². The molecule has 2 N–H and O–H groups in total. The zero-order chi connectivity index (χ0) is 16.5. The molecule has 0 amide bonds. The Morgan fingerprint density at radius 3 is 2.29 bits per heavy atom. The average molecular weight is 444 g/mol. The maximum absolute atomic E-state index is 4.67. The second-order valence-corrected chi connectivity index (χ2v) is 6.77. The molecule has 1 heterocycles. The summed E-state index contributed by atoms with van der Waals surface area (Å²) in [6, 6.07) is 8.91. The zero-order valence-corrected chi connectivity index (χ0v) is 17.7. The molecule has 0 atom stereocenters. The predicted molar refractivity (Wildman–Crippen MR) is 114 cm³/mol. The molecular formula is C19H33IN4. The molecular weight excluding hydrogens is 411 g/mol. The quantitative estimate of drug-likeness (QED) is 0.384. The lowest BCUT2D eigenvalue weighted by Crippen LogP contribution is -2.39. The molecule has 24 heavy (non-hydrogen) atoms. The summed E-state index contributed by atoms with van der Waals surface area (Å²) >= 11 is 0. The van der Waals surface area contributed by atoms with E-state index in [9.17, 15) is 0 Å². The number of hydrogen-bond donors (Lipinski definition) is 2. The summed E-state index contributed by atoms with van der Waals surface area (Å²) in [6.07, 6.45) is 2.70. The minimum absolute atomic E-state index is 0. The SMILES string of the molecule is CCNC(=NCc1ccc(CN2CCCC2)cc1)NCC(C)C.I. The summed E-state index contributed by atoms with van der Waals surface area (Å²) in [6.45, 7) is 12.6. The van der Waals surface area contributed by atoms with Gasteiger partial charge in [-0.1, -0.05) is 38.1 Å². The molecule has 1 aromatic rings. The minimum atomic E-state index is 0. The Morgan fingerprint density at radius 2 is 1.71 bits per heavy atom. The molecule has 0 bridgehead atoms. The van der Waals surface area contributed by atoms with Crippen molar-refractivity contribution in [1.82, 2.24) is 15.5 Å². The Kier molecular flexibility index (Phi) is 10.3. The average Bonchev–Trinajstić information content (AvgIpc) is 3.04. The fraction of sp³-hybridized carbons (Fsp3) is 0.632. The Hall–Kier alpha value is -0.820. The summed E-state index contributed by atoms with van der Waals surface area (Å²) < 4.78 is 0. The molecule has 0 unspecified atom stereocenters. The van der Waals surface area contributed by atoms with Gasteiger partial charge in [0.2, 0.25) is 0 Å². The van der Waals surface area contributed by atoms with Gasteiger partial charge in [0.1, 0.15) is 0 Å². The van der Waals surface area contributed by atoms with Crippen LogP contribution < -0.4 is 10.6 Å². The number of benzene rings is 1. The second-order valence-electron chi connectivity index (χ2n) is 6.77. The van der Waals surface area contributed by atoms with Crippen molar-refractivity contribution in [3.8, 4) is 0 Å². The molecule has 5 heteroatoms. The van der Waals surface area contributed by atoms with Crippen molar-refractivity contribution in [3.05, 3.63) is 35.4 Å². The lowest BCUT2D eigenvalue weighted by atomic mass is 10.1. The van der Waals surface area contributed by atoms with E-state index >= 15 is 0 Å². The van der Waals surface area contributed by atoms with Crippen LogP contribution in [-0.2, 0) is 13.1 Å². The van der Waals surface area contributed by atoms with Crippen molar-refractivity contribution in [2.75, 3.05) is 26.2 Å². The third kappa shape index (κ3) is 7.83. The van der Waals surface area contributed by atoms with Crippen LogP contribution in [0, 0.1) is 5.92 Å². The fourth-order valence-corrected chi connectivity index (χ4v) is 2.76. The third-order valence-electron chi connectivity index (χ3n) is 4.07. The van der Waals surface area contributed by atoms with E-state index in [1.807, 2.05) is 0 Å².